The normalized spacial score (nSPS) is 28.3. The van der Waals surface area contributed by atoms with E-state index in [1.54, 1.807) is 6.08 Å². The highest BCUT2D eigenvalue weighted by atomic mass is 16.8. The molecule has 0 aromatic heterocycles. The average Bonchev–Trinajstić information content (AvgIpc) is 1.05. The molecule has 0 aliphatic carbocycles. The van der Waals surface area contributed by atoms with Crippen molar-refractivity contribution in [1.82, 2.24) is 5.32 Å². The monoisotopic (exact) mass is 1280 g/mol. The van der Waals surface area contributed by atoms with Crippen LogP contribution in [0.2, 0.25) is 0 Å². The molecule has 17 atom stereocenters. The molecule has 1 amide bonds. The van der Waals surface area contributed by atoms with Crippen LogP contribution < -0.4 is 5.32 Å². The van der Waals surface area contributed by atoms with Crippen molar-refractivity contribution in [3.8, 4) is 0 Å². The minimum absolute atomic E-state index is 0.242. The van der Waals surface area contributed by atoms with E-state index in [0.717, 1.165) is 57.8 Å². The third-order valence-electron chi connectivity index (χ3n) is 17.9. The maximum atomic E-state index is 13.4. The minimum Gasteiger partial charge on any atom is -0.394 e. The largest absolute Gasteiger partial charge is 0.394 e. The fourth-order valence-electron chi connectivity index (χ4n) is 12.0. The smallest absolute Gasteiger partial charge is 0.220 e. The molecule has 0 bridgehead atoms. The number of aliphatic hydroxyl groups is 11. The summed E-state index contributed by atoms with van der Waals surface area (Å²) in [4.78, 5) is 13.4. The summed E-state index contributed by atoms with van der Waals surface area (Å²) in [5.74, 6) is -0.275. The molecule has 3 fully saturated rings. The Hall–Kier alpha value is -2.25. The minimum atomic E-state index is -1.98. The Morgan fingerprint density at radius 1 is 0.400 bits per heavy atom. The molecule has 19 heteroatoms. The number of nitrogens with one attached hydrogen (secondary N) is 1. The average molecular weight is 1280 g/mol. The summed E-state index contributed by atoms with van der Waals surface area (Å²) < 4.78 is 34.4. The van der Waals surface area contributed by atoms with Gasteiger partial charge in [-0.05, 0) is 57.8 Å². The first-order valence-electron chi connectivity index (χ1n) is 35.9. The van der Waals surface area contributed by atoms with Gasteiger partial charge < -0.3 is 89.9 Å². The van der Waals surface area contributed by atoms with Crippen LogP contribution in [0.25, 0.3) is 0 Å². The van der Waals surface area contributed by atoms with E-state index in [-0.39, 0.29) is 18.9 Å². The molecule has 3 heterocycles. The lowest BCUT2D eigenvalue weighted by atomic mass is 9.96. The molecule has 0 radical (unpaired) electrons. The van der Waals surface area contributed by atoms with E-state index in [2.05, 4.69) is 55.6 Å². The molecule has 3 aliphatic rings. The Bertz CT molecular complexity index is 1820. The molecule has 0 saturated carbocycles. The van der Waals surface area contributed by atoms with Crippen molar-refractivity contribution >= 4 is 5.91 Å². The first-order valence-corrected chi connectivity index (χ1v) is 35.9. The molecule has 19 nitrogen and oxygen atoms in total. The summed E-state index contributed by atoms with van der Waals surface area (Å²) in [6.07, 6.45) is 36.6. The number of carbonyl (C=O) groups is 1. The third-order valence-corrected chi connectivity index (χ3v) is 17.9. The van der Waals surface area contributed by atoms with Gasteiger partial charge in [0.1, 0.15) is 73.2 Å². The van der Waals surface area contributed by atoms with Gasteiger partial charge in [0.05, 0.1) is 38.6 Å². The van der Waals surface area contributed by atoms with Gasteiger partial charge in [0.2, 0.25) is 5.91 Å². The van der Waals surface area contributed by atoms with Crippen molar-refractivity contribution < 1.29 is 89.4 Å². The molecule has 3 aliphatic heterocycles. The molecule has 526 valence electrons. The highest BCUT2D eigenvalue weighted by molar-refractivity contribution is 5.76. The fraction of sp³-hybridized carbons (Fsp3) is 0.873. The summed E-state index contributed by atoms with van der Waals surface area (Å²) in [6.45, 7) is 1.73. The Morgan fingerprint density at radius 3 is 1.14 bits per heavy atom. The molecular weight excluding hydrogens is 1150 g/mol. The number of allylic oxidation sites excluding steroid dienone is 7. The number of hydrogen-bond donors (Lipinski definition) is 12. The van der Waals surface area contributed by atoms with Crippen molar-refractivity contribution in [1.29, 1.82) is 0 Å². The fourth-order valence-corrected chi connectivity index (χ4v) is 12.0. The summed E-state index contributed by atoms with van der Waals surface area (Å²) in [5, 5.41) is 121. The van der Waals surface area contributed by atoms with Crippen molar-refractivity contribution in [2.75, 3.05) is 26.4 Å². The Labute approximate surface area is 542 Å². The Morgan fingerprint density at radius 2 is 0.733 bits per heavy atom. The zero-order chi connectivity index (χ0) is 65.4. The van der Waals surface area contributed by atoms with Gasteiger partial charge in [-0.25, -0.2) is 0 Å². The van der Waals surface area contributed by atoms with E-state index in [9.17, 15) is 61.0 Å². The zero-order valence-corrected chi connectivity index (χ0v) is 55.6. The quantitative estimate of drug-likeness (QED) is 0.0199. The standard InChI is InChI=1S/C71H129NO18/c1-3-5-7-9-11-13-15-17-19-21-22-23-24-25-26-27-28-29-30-31-32-33-35-37-39-41-43-45-47-49-59(77)72-54(55(76)48-46-44-42-40-38-36-34-20-18-16-14-12-10-8-6-4-2)53-85-69-65(83)62(80)67(57(51-74)87-69)90-71-66(84)63(81)68(58(52-75)88-71)89-70-64(82)61(79)60(78)56(50-73)86-70/h15,17,21-22,24-25,46,48,54-58,60-71,73-76,78-84H,3-14,16,18-20,23,26-45,47,49-53H2,1-2H3,(H,72,77)/b17-15-,22-21-,25-24-,48-46+. The first-order chi connectivity index (χ1) is 43.8. The summed E-state index contributed by atoms with van der Waals surface area (Å²) in [7, 11) is 0. The molecular formula is C71H129NO18. The number of amides is 1. The molecule has 0 spiro atoms. The summed E-state index contributed by atoms with van der Waals surface area (Å²) in [5.41, 5.74) is 0. The second-order valence-corrected chi connectivity index (χ2v) is 25.7. The van der Waals surface area contributed by atoms with E-state index in [0.29, 0.717) is 6.42 Å². The number of aliphatic hydroxyl groups excluding tert-OH is 11. The van der Waals surface area contributed by atoms with Crippen LogP contribution >= 0.6 is 0 Å². The van der Waals surface area contributed by atoms with Gasteiger partial charge in [-0.1, -0.05) is 249 Å². The van der Waals surface area contributed by atoms with E-state index in [1.165, 1.54) is 180 Å². The molecule has 3 saturated heterocycles. The van der Waals surface area contributed by atoms with Gasteiger partial charge >= 0.3 is 0 Å². The highest BCUT2D eigenvalue weighted by Crippen LogP contribution is 2.33. The second kappa shape index (κ2) is 53.0. The van der Waals surface area contributed by atoms with Gasteiger partial charge in [0.15, 0.2) is 18.9 Å². The maximum absolute atomic E-state index is 13.4. The predicted octanol–water partition coefficient (Wildman–Crippen LogP) is 9.78. The molecule has 90 heavy (non-hydrogen) atoms. The van der Waals surface area contributed by atoms with Gasteiger partial charge in [0.25, 0.3) is 0 Å². The van der Waals surface area contributed by atoms with Gasteiger partial charge in [-0.3, -0.25) is 4.79 Å². The summed E-state index contributed by atoms with van der Waals surface area (Å²) >= 11 is 0. The number of unbranched alkanes of at least 4 members (excludes halogenated alkanes) is 33. The van der Waals surface area contributed by atoms with Crippen molar-refractivity contribution in [2.45, 2.75) is 369 Å². The van der Waals surface area contributed by atoms with Crippen LogP contribution in [0.3, 0.4) is 0 Å². The second-order valence-electron chi connectivity index (χ2n) is 25.7. The topological polar surface area (TPSA) is 307 Å². The lowest BCUT2D eigenvalue weighted by molar-refractivity contribution is -0.379. The van der Waals surface area contributed by atoms with Crippen molar-refractivity contribution in [3.63, 3.8) is 0 Å². The van der Waals surface area contributed by atoms with Crippen LogP contribution in [0.4, 0.5) is 0 Å². The number of carbonyl (C=O) groups excluding carboxylic acids is 1. The maximum Gasteiger partial charge on any atom is 0.220 e. The molecule has 17 unspecified atom stereocenters. The first kappa shape index (κ1) is 82.0. The van der Waals surface area contributed by atoms with E-state index in [1.807, 2.05) is 6.08 Å². The predicted molar refractivity (Wildman–Crippen MR) is 351 cm³/mol. The number of ether oxygens (including phenoxy) is 6. The highest BCUT2D eigenvalue weighted by Gasteiger charge is 2.53. The van der Waals surface area contributed by atoms with Crippen LogP contribution in [0, 0.1) is 0 Å². The van der Waals surface area contributed by atoms with E-state index in [4.69, 9.17) is 28.4 Å². The summed E-state index contributed by atoms with van der Waals surface area (Å²) in [6, 6.07) is -0.974. The van der Waals surface area contributed by atoms with Crippen LogP contribution in [0.5, 0.6) is 0 Å². The van der Waals surface area contributed by atoms with Crippen LogP contribution in [-0.4, -0.2) is 193 Å². The SMILES string of the molecule is CCCCCCC/C=C\C/C=C\C/C=C\CCCCCCCCCCCCCCCCC(=O)NC(COC1OC(CO)C(OC2OC(CO)C(OC3OC(CO)C(O)C(O)C3O)C(O)C2O)C(O)C1O)C(O)/C=C/CCCCCCCCCCCCCCCC. The lowest BCUT2D eigenvalue weighted by Gasteiger charge is -2.48. The van der Waals surface area contributed by atoms with Crippen LogP contribution in [0.15, 0.2) is 48.6 Å². The number of hydrogen-bond acceptors (Lipinski definition) is 18. The zero-order valence-electron chi connectivity index (χ0n) is 55.6. The molecule has 3 rings (SSSR count). The van der Waals surface area contributed by atoms with Crippen LogP contribution in [-0.2, 0) is 33.2 Å². The van der Waals surface area contributed by atoms with Crippen LogP contribution in [0.1, 0.15) is 264 Å². The Kier molecular flexibility index (Phi) is 48.2. The number of rotatable bonds is 55. The van der Waals surface area contributed by atoms with Gasteiger partial charge in [-0.2, -0.15) is 0 Å². The van der Waals surface area contributed by atoms with E-state index < -0.39 is 124 Å². The van der Waals surface area contributed by atoms with Gasteiger partial charge in [0, 0.05) is 6.42 Å². The van der Waals surface area contributed by atoms with Crippen molar-refractivity contribution in [3.05, 3.63) is 48.6 Å². The van der Waals surface area contributed by atoms with Crippen molar-refractivity contribution in [2.24, 2.45) is 0 Å². The lowest BCUT2D eigenvalue weighted by Crippen LogP contribution is -2.66. The van der Waals surface area contributed by atoms with Gasteiger partial charge in [-0.15, -0.1) is 0 Å². The third kappa shape index (κ3) is 34.4. The molecule has 12 N–H and O–H groups in total. The molecule has 0 aromatic carbocycles. The van der Waals surface area contributed by atoms with E-state index >= 15 is 0 Å². The molecule has 0 aromatic rings. The Balaban J connectivity index is 1.40.